The fraction of sp³-hybridized carbons (Fsp3) is 0.0769. The zero-order valence-corrected chi connectivity index (χ0v) is 12.7. The summed E-state index contributed by atoms with van der Waals surface area (Å²) in [6.07, 6.45) is 3.03. The van der Waals surface area contributed by atoms with Crippen LogP contribution in [-0.4, -0.2) is 31.4 Å². The van der Waals surface area contributed by atoms with Crippen LogP contribution in [0.15, 0.2) is 43.0 Å². The number of hydrogen-bond donors (Lipinski definition) is 0. The third-order valence-electron chi connectivity index (χ3n) is 2.86. The maximum absolute atomic E-state index is 13.2. The summed E-state index contributed by atoms with van der Waals surface area (Å²) in [6, 6.07) is 9.81. The van der Waals surface area contributed by atoms with Gasteiger partial charge in [-0.2, -0.15) is 5.10 Å². The van der Waals surface area contributed by atoms with Gasteiger partial charge in [-0.25, -0.2) is 14.1 Å². The highest BCUT2D eigenvalue weighted by atomic mass is 32.1. The third kappa shape index (κ3) is 2.24. The molecule has 0 saturated carbocycles. The van der Waals surface area contributed by atoms with E-state index in [0.717, 1.165) is 16.1 Å². The molecule has 2 aromatic heterocycles. The zero-order chi connectivity index (χ0) is 13.9. The van der Waals surface area contributed by atoms with Gasteiger partial charge in [0.25, 0.3) is 0 Å². The van der Waals surface area contributed by atoms with Crippen molar-refractivity contribution in [3.8, 4) is 21.9 Å². The van der Waals surface area contributed by atoms with E-state index in [9.17, 15) is 4.39 Å². The van der Waals surface area contributed by atoms with Crippen molar-refractivity contribution in [2.45, 2.75) is 6.67 Å². The van der Waals surface area contributed by atoms with Crippen LogP contribution in [-0.2, 0) is 6.67 Å². The molecular weight excluding hydrogens is 292 g/mol. The van der Waals surface area contributed by atoms with Crippen molar-refractivity contribution in [3.05, 3.63) is 47.9 Å². The Bertz CT molecular complexity index is 700. The summed E-state index contributed by atoms with van der Waals surface area (Å²) in [7, 11) is 0. The number of thiophene rings is 1. The molecule has 4 nitrogen and oxygen atoms in total. The average Bonchev–Trinajstić information content (AvgIpc) is 3.14. The lowest BCUT2D eigenvalue weighted by molar-refractivity contribution is 0.478. The van der Waals surface area contributed by atoms with E-state index in [1.807, 2.05) is 30.3 Å². The van der Waals surface area contributed by atoms with Gasteiger partial charge >= 0.3 is 16.6 Å². The highest BCUT2D eigenvalue weighted by Crippen LogP contribution is 2.44. The molecule has 0 amide bonds. The average molecular weight is 302 g/mol. The summed E-state index contributed by atoms with van der Waals surface area (Å²) in [5.74, 6) is 0.528. The van der Waals surface area contributed by atoms with E-state index in [2.05, 4.69) is 10.1 Å². The molecule has 0 atom stereocenters. The van der Waals surface area contributed by atoms with E-state index in [-0.39, 0.29) is 0 Å². The van der Waals surface area contributed by atoms with Gasteiger partial charge in [0.2, 0.25) is 0 Å². The lowest BCUT2D eigenvalue weighted by atomic mass is 10.1. The van der Waals surface area contributed by atoms with Crippen LogP contribution in [0.1, 0.15) is 4.88 Å². The van der Waals surface area contributed by atoms with Gasteiger partial charge in [0.15, 0.2) is 0 Å². The van der Waals surface area contributed by atoms with Crippen molar-refractivity contribution in [2.75, 3.05) is 0 Å². The van der Waals surface area contributed by atoms with E-state index in [1.165, 1.54) is 34.3 Å². The molecule has 0 aliphatic rings. The first kappa shape index (κ1) is 13.3. The standard InChI is InChI=1S/C13H10FN3OS.Al.H/c14-6-10-12(18)11(17-8-15-7-16-17)13(19-10)9-4-2-1-3-5-9;;/h1-5,7-8,18H,6H2;;/q;+1;/p-1. The Morgan fingerprint density at radius 3 is 2.70 bits per heavy atom. The Hall–Kier alpha value is -1.68. The number of aromatic nitrogens is 3. The minimum Gasteiger partial charge on any atom is -0.648 e. The molecule has 20 heavy (non-hydrogen) atoms. The van der Waals surface area contributed by atoms with Crippen LogP contribution in [0.5, 0.6) is 5.75 Å². The Balaban J connectivity index is 2.26. The third-order valence-corrected chi connectivity index (χ3v) is 4.32. The number of nitrogens with zero attached hydrogens (tertiary/aromatic N) is 3. The van der Waals surface area contributed by atoms with Gasteiger partial charge in [-0.3, -0.25) is 0 Å². The molecule has 0 bridgehead atoms. The Morgan fingerprint density at radius 2 is 2.10 bits per heavy atom. The van der Waals surface area contributed by atoms with Gasteiger partial charge in [0, 0.05) is 0 Å². The largest absolute Gasteiger partial charge is 0.648 e. The number of benzene rings is 1. The maximum Gasteiger partial charge on any atom is 0.494 e. The summed E-state index contributed by atoms with van der Waals surface area (Å²) >= 11 is 2.71. The Labute approximate surface area is 127 Å². The highest BCUT2D eigenvalue weighted by molar-refractivity contribution is 7.16. The Morgan fingerprint density at radius 1 is 1.30 bits per heavy atom. The smallest absolute Gasteiger partial charge is 0.494 e. The van der Waals surface area contributed by atoms with E-state index in [0.29, 0.717) is 10.6 Å². The number of halogens is 1. The molecular formula is C13H10AlFN3OS. The summed E-state index contributed by atoms with van der Waals surface area (Å²) in [5, 5.41) is 4.14. The van der Waals surface area contributed by atoms with Gasteiger partial charge in [-0.15, -0.1) is 11.3 Å². The molecule has 0 spiro atoms. The topological polar surface area (TPSA) is 39.9 Å². The summed E-state index contributed by atoms with van der Waals surface area (Å²) in [4.78, 5) is 5.43. The molecule has 0 saturated heterocycles. The monoisotopic (exact) mass is 302 g/mol. The van der Waals surface area contributed by atoms with Crippen LogP contribution in [0.2, 0.25) is 0 Å². The van der Waals surface area contributed by atoms with Crippen molar-refractivity contribution >= 4 is 28.0 Å². The molecule has 2 heterocycles. The predicted molar refractivity (Wildman–Crippen MR) is 77.3 cm³/mol. The quantitative estimate of drug-likeness (QED) is 0.696. The molecule has 99 valence electrons. The minimum absolute atomic E-state index is 0.528. The normalized spacial score (nSPS) is 10.7. The van der Waals surface area contributed by atoms with Gasteiger partial charge in [0.1, 0.15) is 30.8 Å². The fourth-order valence-electron chi connectivity index (χ4n) is 2.01. The lowest BCUT2D eigenvalue weighted by Gasteiger charge is -2.08. The van der Waals surface area contributed by atoms with Crippen molar-refractivity contribution < 1.29 is 8.18 Å². The zero-order valence-electron chi connectivity index (χ0n) is 10.5. The molecule has 1 radical (unpaired) electrons. The molecule has 0 unspecified atom stereocenters. The molecule has 0 aliphatic heterocycles. The highest BCUT2D eigenvalue weighted by Gasteiger charge is 2.21. The molecule has 1 aromatic carbocycles. The molecule has 3 rings (SSSR count). The summed E-state index contributed by atoms with van der Waals surface area (Å²) in [5.41, 5.74) is 1.74. The summed E-state index contributed by atoms with van der Waals surface area (Å²) < 4.78 is 20.2. The first-order chi connectivity index (χ1) is 9.85. The van der Waals surface area contributed by atoms with Crippen molar-refractivity contribution in [1.82, 2.24) is 14.8 Å². The first-order valence-electron chi connectivity index (χ1n) is 5.89. The van der Waals surface area contributed by atoms with Crippen LogP contribution in [0.4, 0.5) is 4.39 Å². The van der Waals surface area contributed by atoms with Gasteiger partial charge < -0.3 is 3.79 Å². The van der Waals surface area contributed by atoms with Crippen LogP contribution in [0.25, 0.3) is 16.1 Å². The summed E-state index contributed by atoms with van der Waals surface area (Å²) in [6.45, 7) is -0.563. The van der Waals surface area contributed by atoms with E-state index in [4.69, 9.17) is 3.79 Å². The van der Waals surface area contributed by atoms with Gasteiger partial charge in [-0.1, -0.05) is 30.3 Å². The second-order valence-electron chi connectivity index (χ2n) is 4.02. The van der Waals surface area contributed by atoms with Crippen LogP contribution < -0.4 is 3.79 Å². The van der Waals surface area contributed by atoms with Crippen LogP contribution in [0, 0.1) is 0 Å². The number of hydrogen-bond acceptors (Lipinski definition) is 4. The van der Waals surface area contributed by atoms with Gasteiger partial charge in [0.05, 0.1) is 9.75 Å². The van der Waals surface area contributed by atoms with Crippen molar-refractivity contribution in [3.63, 3.8) is 0 Å². The van der Waals surface area contributed by atoms with E-state index >= 15 is 0 Å². The first-order valence-corrected chi connectivity index (χ1v) is 7.28. The van der Waals surface area contributed by atoms with E-state index in [1.54, 1.807) is 11.0 Å². The minimum atomic E-state index is -0.563. The second-order valence-corrected chi connectivity index (χ2v) is 5.41. The van der Waals surface area contributed by atoms with E-state index < -0.39 is 6.67 Å². The van der Waals surface area contributed by atoms with Crippen LogP contribution in [0.3, 0.4) is 0 Å². The number of rotatable bonds is 4. The SMILES string of the molecule is FCc1sc(-c2ccccc2)c(-n2cncn2)c1[O][AlH]. The molecule has 3 aromatic rings. The molecule has 0 fully saturated rings. The lowest BCUT2D eigenvalue weighted by Crippen LogP contribution is -1.99. The second kappa shape index (κ2) is 5.75. The van der Waals surface area contributed by atoms with Crippen molar-refractivity contribution in [2.24, 2.45) is 0 Å². The fourth-order valence-corrected chi connectivity index (χ4v) is 3.51. The van der Waals surface area contributed by atoms with Gasteiger partial charge in [-0.05, 0) is 5.56 Å². The Kier molecular flexibility index (Phi) is 3.83. The molecule has 0 N–H and O–H groups in total. The molecule has 0 aliphatic carbocycles. The van der Waals surface area contributed by atoms with Crippen LogP contribution >= 0.6 is 11.3 Å². The number of alkyl halides is 1. The maximum atomic E-state index is 13.2. The molecule has 7 heteroatoms. The predicted octanol–water partition coefficient (Wildman–Crippen LogP) is 2.66. The van der Waals surface area contributed by atoms with Crippen molar-refractivity contribution in [1.29, 1.82) is 0 Å².